The van der Waals surface area contributed by atoms with Crippen LogP contribution in [0.4, 0.5) is 0 Å². The van der Waals surface area contributed by atoms with Gasteiger partial charge in [0.1, 0.15) is 0 Å². The second-order valence-electron chi connectivity index (χ2n) is 5.54. The summed E-state index contributed by atoms with van der Waals surface area (Å²) in [5.74, 6) is -0.0303. The molecule has 1 aliphatic rings. The van der Waals surface area contributed by atoms with Gasteiger partial charge in [-0.15, -0.1) is 0 Å². The third kappa shape index (κ3) is 3.31. The third-order valence-corrected chi connectivity index (χ3v) is 4.29. The fourth-order valence-electron chi connectivity index (χ4n) is 2.61. The summed E-state index contributed by atoms with van der Waals surface area (Å²) in [6.07, 6.45) is 4.33. The van der Waals surface area contributed by atoms with Crippen LogP contribution in [0.25, 0.3) is 0 Å². The van der Waals surface area contributed by atoms with E-state index in [1.54, 1.807) is 22.0 Å². The first-order chi connectivity index (χ1) is 10.6. The predicted molar refractivity (Wildman–Crippen MR) is 83.9 cm³/mol. The van der Waals surface area contributed by atoms with Crippen LogP contribution in [0.5, 0.6) is 0 Å². The number of benzene rings is 1. The van der Waals surface area contributed by atoms with Crippen molar-refractivity contribution in [2.75, 3.05) is 13.1 Å². The first-order valence-corrected chi connectivity index (χ1v) is 7.74. The molecule has 0 spiro atoms. The average molecular weight is 320 g/mol. The second-order valence-corrected chi connectivity index (χ2v) is 5.95. The molecule has 1 fully saturated rings. The lowest BCUT2D eigenvalue weighted by atomic mass is 10.1. The monoisotopic (exact) mass is 319 g/mol. The highest BCUT2D eigenvalue weighted by atomic mass is 35.5. The maximum Gasteiger partial charge on any atom is 0.257 e. The smallest absolute Gasteiger partial charge is 0.257 e. The number of aromatic nitrogens is 2. The second kappa shape index (κ2) is 6.50. The number of aliphatic hydroxyl groups is 1. The molecular weight excluding hydrogens is 302 g/mol. The van der Waals surface area contributed by atoms with Crippen molar-refractivity contribution in [3.05, 3.63) is 52.8 Å². The van der Waals surface area contributed by atoms with E-state index >= 15 is 0 Å². The molecule has 0 unspecified atom stereocenters. The van der Waals surface area contributed by atoms with Crippen molar-refractivity contribution >= 4 is 17.5 Å². The van der Waals surface area contributed by atoms with Crippen LogP contribution in [0.1, 0.15) is 28.8 Å². The lowest BCUT2D eigenvalue weighted by molar-refractivity contribution is 0.0546. The number of carbonyl (C=O) groups excluding carboxylic acids is 1. The SMILES string of the molecule is O=C(c1cnn(Cc2ccccc2Cl)c1)N1CCC(O)CC1. The molecule has 0 aliphatic carbocycles. The molecule has 0 saturated carbocycles. The summed E-state index contributed by atoms with van der Waals surface area (Å²) in [6, 6.07) is 7.59. The molecule has 6 heteroatoms. The Bertz CT molecular complexity index is 663. The van der Waals surface area contributed by atoms with Crippen molar-refractivity contribution in [1.82, 2.24) is 14.7 Å². The number of nitrogens with zero attached hydrogens (tertiary/aromatic N) is 3. The minimum Gasteiger partial charge on any atom is -0.393 e. The summed E-state index contributed by atoms with van der Waals surface area (Å²) in [4.78, 5) is 14.2. The van der Waals surface area contributed by atoms with Gasteiger partial charge in [0, 0.05) is 24.3 Å². The summed E-state index contributed by atoms with van der Waals surface area (Å²) >= 11 is 6.14. The Kier molecular flexibility index (Phi) is 4.45. The Morgan fingerprint density at radius 2 is 2.05 bits per heavy atom. The Morgan fingerprint density at radius 3 is 2.77 bits per heavy atom. The molecule has 3 rings (SSSR count). The predicted octanol–water partition coefficient (Wildman–Crippen LogP) is 2.18. The zero-order valence-corrected chi connectivity index (χ0v) is 12.9. The minimum atomic E-state index is -0.285. The maximum absolute atomic E-state index is 12.4. The number of aliphatic hydroxyl groups excluding tert-OH is 1. The van der Waals surface area contributed by atoms with Gasteiger partial charge in [-0.1, -0.05) is 29.8 Å². The average Bonchev–Trinajstić information content (AvgIpc) is 2.98. The van der Waals surface area contributed by atoms with Gasteiger partial charge in [-0.2, -0.15) is 5.10 Å². The normalized spacial score (nSPS) is 16.0. The molecule has 1 aliphatic heterocycles. The van der Waals surface area contributed by atoms with E-state index in [4.69, 9.17) is 11.6 Å². The van der Waals surface area contributed by atoms with Gasteiger partial charge < -0.3 is 10.0 Å². The van der Waals surface area contributed by atoms with Crippen molar-refractivity contribution < 1.29 is 9.90 Å². The number of likely N-dealkylation sites (tertiary alicyclic amines) is 1. The third-order valence-electron chi connectivity index (χ3n) is 3.92. The van der Waals surface area contributed by atoms with Crippen LogP contribution in [0.3, 0.4) is 0 Å². The Balaban J connectivity index is 1.68. The number of amides is 1. The Labute approximate surface area is 134 Å². The molecule has 2 heterocycles. The highest BCUT2D eigenvalue weighted by Crippen LogP contribution is 2.17. The first kappa shape index (κ1) is 15.1. The van der Waals surface area contributed by atoms with E-state index < -0.39 is 0 Å². The molecule has 22 heavy (non-hydrogen) atoms. The minimum absolute atomic E-state index is 0.0303. The van der Waals surface area contributed by atoms with Crippen molar-refractivity contribution in [2.24, 2.45) is 0 Å². The van der Waals surface area contributed by atoms with E-state index in [-0.39, 0.29) is 12.0 Å². The van der Waals surface area contributed by atoms with Crippen molar-refractivity contribution in [1.29, 1.82) is 0 Å². The number of piperidine rings is 1. The Morgan fingerprint density at radius 1 is 1.32 bits per heavy atom. The summed E-state index contributed by atoms with van der Waals surface area (Å²) in [7, 11) is 0. The zero-order chi connectivity index (χ0) is 15.5. The van der Waals surface area contributed by atoms with Crippen molar-refractivity contribution in [3.8, 4) is 0 Å². The molecule has 0 atom stereocenters. The van der Waals surface area contributed by atoms with E-state index in [2.05, 4.69) is 5.10 Å². The largest absolute Gasteiger partial charge is 0.393 e. The molecule has 2 aromatic rings. The van der Waals surface area contributed by atoms with Crippen LogP contribution in [-0.2, 0) is 6.54 Å². The van der Waals surface area contributed by atoms with Gasteiger partial charge in [-0.05, 0) is 24.5 Å². The van der Waals surface area contributed by atoms with Gasteiger partial charge in [0.15, 0.2) is 0 Å². The van der Waals surface area contributed by atoms with Crippen LogP contribution in [0, 0.1) is 0 Å². The molecular formula is C16H18ClN3O2. The molecule has 1 aromatic carbocycles. The number of hydrogen-bond donors (Lipinski definition) is 1. The highest BCUT2D eigenvalue weighted by Gasteiger charge is 2.23. The molecule has 1 saturated heterocycles. The standard InChI is InChI=1S/C16H18ClN3O2/c17-15-4-2-1-3-12(15)10-20-11-13(9-18-20)16(22)19-7-5-14(21)6-8-19/h1-4,9,11,14,21H,5-8,10H2. The summed E-state index contributed by atoms with van der Waals surface area (Å²) in [5, 5.41) is 14.4. The van der Waals surface area contributed by atoms with Crippen LogP contribution in [0.15, 0.2) is 36.7 Å². The van der Waals surface area contributed by atoms with Gasteiger partial charge in [0.2, 0.25) is 0 Å². The number of halogens is 1. The van der Waals surface area contributed by atoms with Crippen molar-refractivity contribution in [3.63, 3.8) is 0 Å². The summed E-state index contributed by atoms with van der Waals surface area (Å²) < 4.78 is 1.72. The lowest BCUT2D eigenvalue weighted by Gasteiger charge is -2.29. The van der Waals surface area contributed by atoms with E-state index in [0.29, 0.717) is 43.1 Å². The summed E-state index contributed by atoms with van der Waals surface area (Å²) in [6.45, 7) is 1.72. The lowest BCUT2D eigenvalue weighted by Crippen LogP contribution is -2.39. The molecule has 0 radical (unpaired) electrons. The molecule has 1 amide bonds. The van der Waals surface area contributed by atoms with Gasteiger partial charge in [-0.25, -0.2) is 0 Å². The zero-order valence-electron chi connectivity index (χ0n) is 12.2. The van der Waals surface area contributed by atoms with E-state index in [9.17, 15) is 9.90 Å². The van der Waals surface area contributed by atoms with Crippen molar-refractivity contribution in [2.45, 2.75) is 25.5 Å². The number of carbonyl (C=O) groups is 1. The van der Waals surface area contributed by atoms with Gasteiger partial charge in [0.05, 0.1) is 24.4 Å². The molecule has 5 nitrogen and oxygen atoms in total. The van der Waals surface area contributed by atoms with Gasteiger partial charge in [0.25, 0.3) is 5.91 Å². The first-order valence-electron chi connectivity index (χ1n) is 7.36. The fraction of sp³-hybridized carbons (Fsp3) is 0.375. The van der Waals surface area contributed by atoms with Crippen LogP contribution in [-0.4, -0.2) is 44.9 Å². The van der Waals surface area contributed by atoms with E-state index in [1.165, 1.54) is 0 Å². The van der Waals surface area contributed by atoms with Gasteiger partial charge in [-0.3, -0.25) is 9.48 Å². The van der Waals surface area contributed by atoms with Gasteiger partial charge >= 0.3 is 0 Å². The molecule has 1 aromatic heterocycles. The number of hydrogen-bond acceptors (Lipinski definition) is 3. The molecule has 1 N–H and O–H groups in total. The molecule has 0 bridgehead atoms. The topological polar surface area (TPSA) is 58.4 Å². The quantitative estimate of drug-likeness (QED) is 0.943. The highest BCUT2D eigenvalue weighted by molar-refractivity contribution is 6.31. The van der Waals surface area contributed by atoms with E-state index in [1.807, 2.05) is 24.3 Å². The molecule has 116 valence electrons. The number of rotatable bonds is 3. The fourth-order valence-corrected chi connectivity index (χ4v) is 2.81. The summed E-state index contributed by atoms with van der Waals surface area (Å²) in [5.41, 5.74) is 1.54. The van der Waals surface area contributed by atoms with E-state index in [0.717, 1.165) is 5.56 Å². The van der Waals surface area contributed by atoms with Crippen LogP contribution in [0.2, 0.25) is 5.02 Å². The van der Waals surface area contributed by atoms with Crippen LogP contribution >= 0.6 is 11.6 Å². The van der Waals surface area contributed by atoms with Crippen LogP contribution < -0.4 is 0 Å². The maximum atomic E-state index is 12.4. The Hall–Kier alpha value is -1.85.